The van der Waals surface area contributed by atoms with Crippen LogP contribution in [0.4, 0.5) is 0 Å². The van der Waals surface area contributed by atoms with Crippen molar-refractivity contribution in [2.75, 3.05) is 13.1 Å². The van der Waals surface area contributed by atoms with E-state index >= 15 is 0 Å². The maximum atomic E-state index is 12.4. The summed E-state index contributed by atoms with van der Waals surface area (Å²) in [6.07, 6.45) is 2.55. The van der Waals surface area contributed by atoms with Crippen LogP contribution in [-0.4, -0.2) is 35.0 Å². The minimum absolute atomic E-state index is 0.0973. The van der Waals surface area contributed by atoms with Crippen molar-refractivity contribution in [2.24, 2.45) is 16.7 Å². The number of rotatable bonds is 4. The third-order valence-corrected chi connectivity index (χ3v) is 5.02. The van der Waals surface area contributed by atoms with Gasteiger partial charge in [0.1, 0.15) is 0 Å². The van der Waals surface area contributed by atoms with Gasteiger partial charge in [0.05, 0.1) is 5.41 Å². The van der Waals surface area contributed by atoms with E-state index in [1.807, 2.05) is 6.92 Å². The topological polar surface area (TPSA) is 57.6 Å². The van der Waals surface area contributed by atoms with Crippen LogP contribution in [0.15, 0.2) is 0 Å². The minimum atomic E-state index is -0.763. The highest BCUT2D eigenvalue weighted by Gasteiger charge is 2.42. The summed E-state index contributed by atoms with van der Waals surface area (Å²) in [6.45, 7) is 11.5. The predicted octanol–water partition coefficient (Wildman–Crippen LogP) is 3.16. The molecule has 0 aromatic rings. The van der Waals surface area contributed by atoms with Gasteiger partial charge in [-0.05, 0) is 30.6 Å². The quantitative estimate of drug-likeness (QED) is 0.862. The summed E-state index contributed by atoms with van der Waals surface area (Å²) in [7, 11) is 0. The van der Waals surface area contributed by atoms with Crippen LogP contribution in [0.2, 0.25) is 0 Å². The zero-order valence-electron chi connectivity index (χ0n) is 13.5. The molecule has 1 saturated heterocycles. The van der Waals surface area contributed by atoms with Crippen molar-refractivity contribution in [3.05, 3.63) is 0 Å². The monoisotopic (exact) mass is 283 g/mol. The van der Waals surface area contributed by atoms with Gasteiger partial charge >= 0.3 is 5.97 Å². The number of carbonyl (C=O) groups is 2. The number of amides is 1. The molecule has 1 aliphatic rings. The molecule has 4 nitrogen and oxygen atoms in total. The van der Waals surface area contributed by atoms with Crippen molar-refractivity contribution in [2.45, 2.75) is 60.3 Å². The molecule has 1 rings (SSSR count). The Bertz CT molecular complexity index is 372. The molecule has 0 bridgehead atoms. The molecule has 1 N–H and O–H groups in total. The van der Waals surface area contributed by atoms with Gasteiger partial charge in [0.2, 0.25) is 5.91 Å². The highest BCUT2D eigenvalue weighted by Crippen LogP contribution is 2.35. The molecule has 1 aliphatic heterocycles. The SMILES string of the molecule is CCC1(C(=O)O)CCCN(C(=O)CC(C)C(C)(C)C)C1. The Balaban J connectivity index is 2.72. The van der Waals surface area contributed by atoms with Crippen LogP contribution >= 0.6 is 0 Å². The van der Waals surface area contributed by atoms with Gasteiger partial charge < -0.3 is 10.0 Å². The lowest BCUT2D eigenvalue weighted by atomic mass is 9.76. The molecule has 0 radical (unpaired) electrons. The third-order valence-electron chi connectivity index (χ3n) is 5.02. The Morgan fingerprint density at radius 2 is 1.95 bits per heavy atom. The summed E-state index contributed by atoms with van der Waals surface area (Å²) < 4.78 is 0. The zero-order chi connectivity index (χ0) is 15.6. The van der Waals surface area contributed by atoms with Crippen LogP contribution in [0, 0.1) is 16.7 Å². The largest absolute Gasteiger partial charge is 0.481 e. The summed E-state index contributed by atoms with van der Waals surface area (Å²) in [4.78, 5) is 25.7. The number of carboxylic acid groups (broad SMARTS) is 1. The molecule has 20 heavy (non-hydrogen) atoms. The van der Waals surface area contributed by atoms with Gasteiger partial charge in [-0.3, -0.25) is 9.59 Å². The Morgan fingerprint density at radius 1 is 1.35 bits per heavy atom. The lowest BCUT2D eigenvalue weighted by molar-refractivity contribution is -0.155. The van der Waals surface area contributed by atoms with Crippen molar-refractivity contribution in [3.63, 3.8) is 0 Å². The predicted molar refractivity (Wildman–Crippen MR) is 79.4 cm³/mol. The second-order valence-electron chi connectivity index (χ2n) is 7.33. The van der Waals surface area contributed by atoms with Crippen LogP contribution < -0.4 is 0 Å². The molecule has 2 unspecified atom stereocenters. The van der Waals surface area contributed by atoms with E-state index in [9.17, 15) is 14.7 Å². The first-order chi connectivity index (χ1) is 9.12. The molecule has 0 aromatic carbocycles. The molecule has 0 spiro atoms. The van der Waals surface area contributed by atoms with Crippen molar-refractivity contribution in [3.8, 4) is 0 Å². The Hall–Kier alpha value is -1.06. The van der Waals surface area contributed by atoms with Gasteiger partial charge in [-0.1, -0.05) is 34.6 Å². The van der Waals surface area contributed by atoms with Gasteiger partial charge in [0.25, 0.3) is 0 Å². The molecule has 0 aliphatic carbocycles. The molecule has 116 valence electrons. The maximum Gasteiger partial charge on any atom is 0.311 e. The lowest BCUT2D eigenvalue weighted by Crippen LogP contribution is -2.50. The van der Waals surface area contributed by atoms with Crippen LogP contribution in [0.25, 0.3) is 0 Å². The van der Waals surface area contributed by atoms with E-state index in [2.05, 4.69) is 27.7 Å². The van der Waals surface area contributed by atoms with Gasteiger partial charge in [-0.2, -0.15) is 0 Å². The van der Waals surface area contributed by atoms with Gasteiger partial charge in [-0.25, -0.2) is 0 Å². The third kappa shape index (κ3) is 3.74. The van der Waals surface area contributed by atoms with Crippen LogP contribution in [0.3, 0.4) is 0 Å². The Labute approximate surface area is 122 Å². The number of aliphatic carboxylic acids is 1. The second-order valence-corrected chi connectivity index (χ2v) is 7.33. The van der Waals surface area contributed by atoms with Crippen LogP contribution in [0.5, 0.6) is 0 Å². The molecule has 1 fully saturated rings. The van der Waals surface area contributed by atoms with Crippen molar-refractivity contribution < 1.29 is 14.7 Å². The number of carbonyl (C=O) groups excluding carboxylic acids is 1. The summed E-state index contributed by atoms with van der Waals surface area (Å²) in [6, 6.07) is 0. The number of piperidine rings is 1. The fourth-order valence-corrected chi connectivity index (χ4v) is 2.66. The lowest BCUT2D eigenvalue weighted by Gasteiger charge is -2.40. The number of hydrogen-bond donors (Lipinski definition) is 1. The molecule has 0 saturated carbocycles. The molecule has 4 heteroatoms. The Kier molecular flexibility index (Phi) is 5.22. The molecule has 1 amide bonds. The molecular formula is C16H29NO3. The first kappa shape index (κ1) is 17.0. The average molecular weight is 283 g/mol. The molecular weight excluding hydrogens is 254 g/mol. The van der Waals surface area contributed by atoms with E-state index in [1.165, 1.54) is 0 Å². The van der Waals surface area contributed by atoms with E-state index in [1.54, 1.807) is 4.90 Å². The normalized spacial score (nSPS) is 25.4. The van der Waals surface area contributed by atoms with Crippen LogP contribution in [0.1, 0.15) is 60.3 Å². The first-order valence-corrected chi connectivity index (χ1v) is 7.63. The van der Waals surface area contributed by atoms with Crippen molar-refractivity contribution in [1.29, 1.82) is 0 Å². The van der Waals surface area contributed by atoms with Gasteiger partial charge in [0, 0.05) is 19.5 Å². The summed E-state index contributed by atoms with van der Waals surface area (Å²) in [5.74, 6) is -0.370. The average Bonchev–Trinajstić information content (AvgIpc) is 2.37. The van der Waals surface area contributed by atoms with Gasteiger partial charge in [-0.15, -0.1) is 0 Å². The van der Waals surface area contributed by atoms with E-state index in [-0.39, 0.29) is 17.2 Å². The van der Waals surface area contributed by atoms with E-state index in [4.69, 9.17) is 0 Å². The Morgan fingerprint density at radius 3 is 2.40 bits per heavy atom. The second kappa shape index (κ2) is 6.15. The van der Waals surface area contributed by atoms with Crippen molar-refractivity contribution in [1.82, 2.24) is 4.90 Å². The van der Waals surface area contributed by atoms with E-state index < -0.39 is 11.4 Å². The summed E-state index contributed by atoms with van der Waals surface area (Å²) >= 11 is 0. The van der Waals surface area contributed by atoms with E-state index in [0.29, 0.717) is 32.4 Å². The molecule has 1 heterocycles. The highest BCUT2D eigenvalue weighted by molar-refractivity contribution is 5.80. The number of hydrogen-bond acceptors (Lipinski definition) is 2. The van der Waals surface area contributed by atoms with Crippen molar-refractivity contribution >= 4 is 11.9 Å². The fraction of sp³-hybridized carbons (Fsp3) is 0.875. The summed E-state index contributed by atoms with van der Waals surface area (Å²) in [5, 5.41) is 9.46. The first-order valence-electron chi connectivity index (χ1n) is 7.63. The van der Waals surface area contributed by atoms with Crippen LogP contribution in [-0.2, 0) is 9.59 Å². The number of carboxylic acids is 1. The number of likely N-dealkylation sites (tertiary alicyclic amines) is 1. The maximum absolute atomic E-state index is 12.4. The highest BCUT2D eigenvalue weighted by atomic mass is 16.4. The zero-order valence-corrected chi connectivity index (χ0v) is 13.5. The van der Waals surface area contributed by atoms with Gasteiger partial charge in [0.15, 0.2) is 0 Å². The minimum Gasteiger partial charge on any atom is -0.481 e. The fourth-order valence-electron chi connectivity index (χ4n) is 2.66. The number of nitrogens with zero attached hydrogens (tertiary/aromatic N) is 1. The molecule has 0 aromatic heterocycles. The smallest absolute Gasteiger partial charge is 0.311 e. The summed E-state index contributed by atoms with van der Waals surface area (Å²) in [5.41, 5.74) is -0.640. The molecule has 2 atom stereocenters. The van der Waals surface area contributed by atoms with E-state index in [0.717, 1.165) is 6.42 Å². The standard InChI is InChI=1S/C16H29NO3/c1-6-16(14(19)20)8-7-9-17(11-16)13(18)10-12(2)15(3,4)5/h12H,6-11H2,1-5H3,(H,19,20).